The number of hydrogen-bond donors (Lipinski definition) is 1. The number of alkyl halides is 3. The molecule has 0 saturated carbocycles. The van der Waals surface area contributed by atoms with Crippen molar-refractivity contribution in [1.29, 1.82) is 0 Å². The van der Waals surface area contributed by atoms with Gasteiger partial charge in [-0.05, 0) is 37.0 Å². The van der Waals surface area contributed by atoms with Crippen LogP contribution in [0.3, 0.4) is 0 Å². The number of anilines is 2. The molecule has 0 amide bonds. The largest absolute Gasteiger partial charge is 0.477 e. The topological polar surface area (TPSA) is 47.0 Å². The van der Waals surface area contributed by atoms with Crippen LogP contribution < -0.4 is 10.1 Å². The van der Waals surface area contributed by atoms with E-state index in [1.54, 1.807) is 0 Å². The van der Waals surface area contributed by atoms with Crippen LogP contribution in [-0.2, 0) is 12.6 Å². The second-order valence-corrected chi connectivity index (χ2v) is 6.39. The maximum absolute atomic E-state index is 13.1. The lowest BCUT2D eigenvalue weighted by molar-refractivity contribution is -0.139. The molecule has 0 aliphatic rings. The van der Waals surface area contributed by atoms with E-state index in [2.05, 4.69) is 22.2 Å². The maximum Gasteiger partial charge on any atom is 0.423 e. The molecule has 0 bridgehead atoms. The van der Waals surface area contributed by atoms with Gasteiger partial charge in [0.05, 0.1) is 6.61 Å². The molecule has 7 heteroatoms. The average molecular weight is 381 g/mol. The number of hydrogen-bond acceptors (Lipinski definition) is 4. The molecule has 0 spiro atoms. The molecule has 0 saturated heterocycles. The monoisotopic (exact) mass is 381 g/mol. The Labute approximate surface area is 158 Å². The molecular weight excluding hydrogens is 355 g/mol. The van der Waals surface area contributed by atoms with Gasteiger partial charge in [0.2, 0.25) is 11.8 Å². The molecule has 0 radical (unpaired) electrons. The van der Waals surface area contributed by atoms with Gasteiger partial charge in [0, 0.05) is 11.9 Å². The van der Waals surface area contributed by atoms with Gasteiger partial charge >= 0.3 is 6.18 Å². The highest BCUT2D eigenvalue weighted by Gasteiger charge is 2.36. The molecule has 1 heterocycles. The van der Waals surface area contributed by atoms with Gasteiger partial charge < -0.3 is 10.1 Å². The third-order valence-corrected chi connectivity index (χ3v) is 4.07. The smallest absolute Gasteiger partial charge is 0.423 e. The number of nitrogens with zero attached hydrogens (tertiary/aromatic N) is 2. The number of ether oxygens (including phenoxy) is 1. The van der Waals surface area contributed by atoms with Crippen LogP contribution in [0, 0.1) is 0 Å². The minimum absolute atomic E-state index is 0.0785. The van der Waals surface area contributed by atoms with Crippen LogP contribution in [-0.4, -0.2) is 16.6 Å². The predicted octanol–water partition coefficient (Wildman–Crippen LogP) is 6.15. The van der Waals surface area contributed by atoms with Gasteiger partial charge in [-0.2, -0.15) is 18.2 Å². The van der Waals surface area contributed by atoms with Gasteiger partial charge in [-0.15, -0.1) is 0 Å². The van der Waals surface area contributed by atoms with Crippen LogP contribution in [0.15, 0.2) is 30.5 Å². The van der Waals surface area contributed by atoms with Gasteiger partial charge in [0.25, 0.3) is 0 Å². The lowest BCUT2D eigenvalue weighted by atomic mass is 10.1. The van der Waals surface area contributed by atoms with E-state index in [-0.39, 0.29) is 12.6 Å². The zero-order chi connectivity index (χ0) is 19.7. The predicted molar refractivity (Wildman–Crippen MR) is 100 cm³/mol. The molecule has 1 aromatic heterocycles. The zero-order valence-corrected chi connectivity index (χ0v) is 15.8. The van der Waals surface area contributed by atoms with Gasteiger partial charge in [-0.1, -0.05) is 45.2 Å². The summed E-state index contributed by atoms with van der Waals surface area (Å²) >= 11 is 0. The van der Waals surface area contributed by atoms with Crippen LogP contribution in [0.5, 0.6) is 5.88 Å². The number of rotatable bonds is 10. The molecule has 0 aliphatic heterocycles. The van der Waals surface area contributed by atoms with E-state index in [4.69, 9.17) is 4.74 Å². The summed E-state index contributed by atoms with van der Waals surface area (Å²) in [6.45, 7) is 4.35. The number of aromatic nitrogens is 2. The van der Waals surface area contributed by atoms with E-state index in [1.165, 1.54) is 5.56 Å². The fourth-order valence-corrected chi connectivity index (χ4v) is 2.52. The summed E-state index contributed by atoms with van der Waals surface area (Å²) in [4.78, 5) is 7.73. The molecule has 0 fully saturated rings. The van der Waals surface area contributed by atoms with Crippen molar-refractivity contribution < 1.29 is 17.9 Å². The first-order chi connectivity index (χ1) is 12.9. The third kappa shape index (κ3) is 6.73. The Kier molecular flexibility index (Phi) is 7.88. The van der Waals surface area contributed by atoms with Crippen LogP contribution in [0.2, 0.25) is 0 Å². The highest BCUT2D eigenvalue weighted by molar-refractivity contribution is 5.54. The van der Waals surface area contributed by atoms with Crippen molar-refractivity contribution in [2.45, 2.75) is 58.5 Å². The van der Waals surface area contributed by atoms with E-state index >= 15 is 0 Å². The zero-order valence-electron chi connectivity index (χ0n) is 15.8. The van der Waals surface area contributed by atoms with Crippen molar-refractivity contribution in [2.24, 2.45) is 0 Å². The minimum Gasteiger partial charge on any atom is -0.477 e. The number of unbranched alkanes of at least 4 members (excludes halogenated alkanes) is 3. The van der Waals surface area contributed by atoms with Crippen LogP contribution in [0.1, 0.15) is 57.1 Å². The van der Waals surface area contributed by atoms with E-state index in [0.717, 1.165) is 38.3 Å². The summed E-state index contributed by atoms with van der Waals surface area (Å²) in [5, 5.41) is 2.94. The molecule has 1 aromatic carbocycles. The highest BCUT2D eigenvalue weighted by atomic mass is 19.4. The Hall–Kier alpha value is -2.31. The molecule has 4 nitrogen and oxygen atoms in total. The van der Waals surface area contributed by atoms with E-state index in [1.807, 2.05) is 31.2 Å². The molecule has 0 unspecified atom stereocenters. The Bertz CT molecular complexity index is 703. The number of benzene rings is 1. The molecular formula is C20H26F3N3O. The van der Waals surface area contributed by atoms with Crippen molar-refractivity contribution in [3.8, 4) is 5.88 Å². The van der Waals surface area contributed by atoms with E-state index in [9.17, 15) is 13.2 Å². The number of aryl methyl sites for hydroxylation is 1. The second-order valence-electron chi connectivity index (χ2n) is 6.39. The lowest BCUT2D eigenvalue weighted by Crippen LogP contribution is -2.13. The summed E-state index contributed by atoms with van der Waals surface area (Å²) in [5.74, 6) is -0.356. The summed E-state index contributed by atoms with van der Waals surface area (Å²) in [5.41, 5.74) is 0.974. The van der Waals surface area contributed by atoms with Crippen molar-refractivity contribution in [1.82, 2.24) is 9.97 Å². The van der Waals surface area contributed by atoms with Crippen molar-refractivity contribution >= 4 is 11.6 Å². The van der Waals surface area contributed by atoms with Gasteiger partial charge in [-0.3, -0.25) is 0 Å². The Morgan fingerprint density at radius 2 is 1.70 bits per heavy atom. The molecule has 2 rings (SSSR count). The molecule has 27 heavy (non-hydrogen) atoms. The van der Waals surface area contributed by atoms with Crippen molar-refractivity contribution in [3.05, 3.63) is 41.6 Å². The first-order valence-electron chi connectivity index (χ1n) is 9.37. The Morgan fingerprint density at radius 3 is 2.33 bits per heavy atom. The Morgan fingerprint density at radius 1 is 1.00 bits per heavy atom. The molecule has 2 aromatic rings. The summed E-state index contributed by atoms with van der Waals surface area (Å²) in [6, 6.07) is 7.72. The SMILES string of the molecule is CCCCCOc1nc(Nc2ccc(CCCC)cc2)ncc1C(F)(F)F. The van der Waals surface area contributed by atoms with Crippen molar-refractivity contribution in [3.63, 3.8) is 0 Å². The lowest BCUT2D eigenvalue weighted by Gasteiger charge is -2.14. The summed E-state index contributed by atoms with van der Waals surface area (Å²) in [7, 11) is 0. The van der Waals surface area contributed by atoms with Gasteiger partial charge in [0.15, 0.2) is 0 Å². The normalized spacial score (nSPS) is 11.4. The van der Waals surface area contributed by atoms with E-state index in [0.29, 0.717) is 12.1 Å². The third-order valence-electron chi connectivity index (χ3n) is 4.07. The van der Waals surface area contributed by atoms with Crippen LogP contribution in [0.4, 0.5) is 24.8 Å². The molecule has 0 aliphatic carbocycles. The average Bonchev–Trinajstić information content (AvgIpc) is 2.64. The van der Waals surface area contributed by atoms with Crippen LogP contribution in [0.25, 0.3) is 0 Å². The van der Waals surface area contributed by atoms with E-state index < -0.39 is 17.6 Å². The molecule has 1 N–H and O–H groups in total. The van der Waals surface area contributed by atoms with Crippen LogP contribution >= 0.6 is 0 Å². The first-order valence-corrected chi connectivity index (χ1v) is 9.37. The fraction of sp³-hybridized carbons (Fsp3) is 0.500. The van der Waals surface area contributed by atoms with Crippen molar-refractivity contribution in [2.75, 3.05) is 11.9 Å². The Balaban J connectivity index is 2.12. The fourth-order valence-electron chi connectivity index (χ4n) is 2.52. The standard InChI is InChI=1S/C20H26F3N3O/c1-3-5-7-13-27-18-17(20(21,22)23)14-24-19(26-18)25-16-11-9-15(10-12-16)8-6-4-2/h9-12,14H,3-8,13H2,1-2H3,(H,24,25,26). The van der Waals surface area contributed by atoms with Gasteiger partial charge in [0.1, 0.15) is 5.56 Å². The quantitative estimate of drug-likeness (QED) is 0.501. The highest BCUT2D eigenvalue weighted by Crippen LogP contribution is 2.35. The maximum atomic E-state index is 13.1. The van der Waals surface area contributed by atoms with Gasteiger partial charge in [-0.25, -0.2) is 4.98 Å². The number of halogens is 3. The molecule has 0 atom stereocenters. The summed E-state index contributed by atoms with van der Waals surface area (Å²) in [6.07, 6.45) is 1.99. The number of nitrogens with one attached hydrogen (secondary N) is 1. The minimum atomic E-state index is -4.56. The second kappa shape index (κ2) is 10.1. The summed E-state index contributed by atoms with van der Waals surface area (Å²) < 4.78 is 44.7. The first kappa shape index (κ1) is 21.0. The molecule has 148 valence electrons.